The summed E-state index contributed by atoms with van der Waals surface area (Å²) in [5.41, 5.74) is 0.347. The van der Waals surface area contributed by atoms with Crippen molar-refractivity contribution in [2.24, 2.45) is 0 Å². The van der Waals surface area contributed by atoms with Gasteiger partial charge in [0.15, 0.2) is 0 Å². The van der Waals surface area contributed by atoms with Crippen LogP contribution in [0.25, 0.3) is 0 Å². The number of aliphatic hydroxyl groups excluding tert-OH is 1. The SMILES string of the molecule is CC(=C=O)C(C)O. The molecule has 2 nitrogen and oxygen atoms in total. The first kappa shape index (κ1) is 6.41. The monoisotopic (exact) mass is 100 g/mol. The quantitative estimate of drug-likeness (QED) is 0.476. The molecule has 1 N–H and O–H groups in total. The lowest BCUT2D eigenvalue weighted by molar-refractivity contribution is 0.232. The van der Waals surface area contributed by atoms with Gasteiger partial charge < -0.3 is 5.11 Å². The summed E-state index contributed by atoms with van der Waals surface area (Å²) in [5, 5.41) is 8.52. The van der Waals surface area contributed by atoms with Gasteiger partial charge >= 0.3 is 0 Å². The van der Waals surface area contributed by atoms with Gasteiger partial charge in [0, 0.05) is 5.57 Å². The molecule has 0 bridgehead atoms. The van der Waals surface area contributed by atoms with Gasteiger partial charge in [-0.1, -0.05) is 0 Å². The first-order chi connectivity index (χ1) is 3.18. The van der Waals surface area contributed by atoms with Crippen molar-refractivity contribution in [2.75, 3.05) is 0 Å². The molecule has 0 aliphatic heterocycles. The van der Waals surface area contributed by atoms with Crippen molar-refractivity contribution >= 4 is 5.94 Å². The Hall–Kier alpha value is -0.590. The highest BCUT2D eigenvalue weighted by atomic mass is 16.3. The maximum absolute atomic E-state index is 9.62. The van der Waals surface area contributed by atoms with Gasteiger partial charge in [-0.3, -0.25) is 0 Å². The second-order valence-electron chi connectivity index (χ2n) is 1.46. The van der Waals surface area contributed by atoms with Crippen molar-refractivity contribution < 1.29 is 9.90 Å². The second kappa shape index (κ2) is 2.56. The van der Waals surface area contributed by atoms with E-state index in [1.54, 1.807) is 5.94 Å². The molecule has 1 unspecified atom stereocenters. The summed E-state index contributed by atoms with van der Waals surface area (Å²) in [6.07, 6.45) is -0.641. The third-order valence-electron chi connectivity index (χ3n) is 0.788. The lowest BCUT2D eigenvalue weighted by Gasteiger charge is -1.94. The van der Waals surface area contributed by atoms with Crippen molar-refractivity contribution in [3.05, 3.63) is 5.57 Å². The molecule has 0 spiro atoms. The Bertz CT molecular complexity index is 98.6. The summed E-state index contributed by atoms with van der Waals surface area (Å²) in [6, 6.07) is 0. The van der Waals surface area contributed by atoms with Crippen LogP contribution in [-0.4, -0.2) is 17.2 Å². The highest BCUT2D eigenvalue weighted by Gasteiger charge is 1.94. The van der Waals surface area contributed by atoms with E-state index in [9.17, 15) is 4.79 Å². The predicted molar refractivity (Wildman–Crippen MR) is 26.6 cm³/mol. The summed E-state index contributed by atoms with van der Waals surface area (Å²) in [6.45, 7) is 3.07. The Kier molecular flexibility index (Phi) is 2.34. The van der Waals surface area contributed by atoms with Crippen molar-refractivity contribution in [3.63, 3.8) is 0 Å². The normalized spacial score (nSPS) is 12.4. The maximum Gasteiger partial charge on any atom is 0.125 e. The molecule has 2 heteroatoms. The molecule has 0 aromatic rings. The van der Waals surface area contributed by atoms with Gasteiger partial charge in [0.1, 0.15) is 5.94 Å². The molecular formula is C5H8O2. The maximum atomic E-state index is 9.62. The zero-order valence-corrected chi connectivity index (χ0v) is 4.43. The van der Waals surface area contributed by atoms with E-state index in [0.29, 0.717) is 5.57 Å². The topological polar surface area (TPSA) is 37.3 Å². The molecule has 0 saturated carbocycles. The fourth-order valence-corrected chi connectivity index (χ4v) is 0.0853. The minimum atomic E-state index is -0.641. The molecule has 7 heavy (non-hydrogen) atoms. The third kappa shape index (κ3) is 2.15. The van der Waals surface area contributed by atoms with Crippen molar-refractivity contribution in [3.8, 4) is 0 Å². The molecule has 0 aromatic carbocycles. The summed E-state index contributed by atoms with van der Waals surface area (Å²) >= 11 is 0. The van der Waals surface area contributed by atoms with Crippen LogP contribution in [0.3, 0.4) is 0 Å². The molecule has 0 saturated heterocycles. The van der Waals surface area contributed by atoms with Crippen LogP contribution in [0.5, 0.6) is 0 Å². The van der Waals surface area contributed by atoms with E-state index in [1.165, 1.54) is 13.8 Å². The van der Waals surface area contributed by atoms with Gasteiger partial charge in [-0.15, -0.1) is 0 Å². The summed E-state index contributed by atoms with van der Waals surface area (Å²) in [4.78, 5) is 9.62. The molecule has 1 atom stereocenters. The van der Waals surface area contributed by atoms with Gasteiger partial charge in [0.2, 0.25) is 0 Å². The largest absolute Gasteiger partial charge is 0.388 e. The first-order valence-corrected chi connectivity index (χ1v) is 2.08. The number of hydrogen-bond acceptors (Lipinski definition) is 2. The number of carbonyl (C=O) groups excluding carboxylic acids is 1. The molecule has 0 aromatic heterocycles. The third-order valence-corrected chi connectivity index (χ3v) is 0.788. The number of hydrogen-bond donors (Lipinski definition) is 1. The van der Waals surface area contributed by atoms with E-state index in [4.69, 9.17) is 5.11 Å². The molecule has 0 heterocycles. The lowest BCUT2D eigenvalue weighted by atomic mass is 10.2. The van der Waals surface area contributed by atoms with E-state index in [2.05, 4.69) is 0 Å². The van der Waals surface area contributed by atoms with E-state index in [0.717, 1.165) is 0 Å². The average Bonchev–Trinajstić information content (AvgIpc) is 1.65. The number of rotatable bonds is 1. The standard InChI is InChI=1S/C5H8O2/c1-4(3-6)5(2)7/h5,7H,1-2H3. The molecule has 0 fully saturated rings. The predicted octanol–water partition coefficient (Wildman–Crippen LogP) is 0.145. The van der Waals surface area contributed by atoms with Crippen molar-refractivity contribution in [1.82, 2.24) is 0 Å². The summed E-state index contributed by atoms with van der Waals surface area (Å²) < 4.78 is 0. The van der Waals surface area contributed by atoms with Crippen molar-refractivity contribution in [1.29, 1.82) is 0 Å². The Morgan fingerprint density at radius 1 is 1.86 bits per heavy atom. The van der Waals surface area contributed by atoms with Gasteiger partial charge in [-0.2, -0.15) is 0 Å². The van der Waals surface area contributed by atoms with Gasteiger partial charge in [-0.05, 0) is 13.8 Å². The molecule has 0 aliphatic carbocycles. The van der Waals surface area contributed by atoms with Gasteiger partial charge in [0.25, 0.3) is 0 Å². The highest BCUT2D eigenvalue weighted by Crippen LogP contribution is 1.91. The van der Waals surface area contributed by atoms with E-state index < -0.39 is 6.10 Å². The van der Waals surface area contributed by atoms with Crippen LogP contribution in [0, 0.1) is 0 Å². The molecular weight excluding hydrogens is 92.1 g/mol. The number of aliphatic hydroxyl groups is 1. The van der Waals surface area contributed by atoms with E-state index in [1.807, 2.05) is 0 Å². The van der Waals surface area contributed by atoms with Crippen LogP contribution < -0.4 is 0 Å². The zero-order valence-electron chi connectivity index (χ0n) is 4.43. The average molecular weight is 100 g/mol. The van der Waals surface area contributed by atoms with Crippen LogP contribution >= 0.6 is 0 Å². The summed E-state index contributed by atoms with van der Waals surface area (Å²) in [7, 11) is 0. The van der Waals surface area contributed by atoms with Crippen molar-refractivity contribution in [2.45, 2.75) is 20.0 Å². The second-order valence-corrected chi connectivity index (χ2v) is 1.46. The van der Waals surface area contributed by atoms with Crippen LogP contribution in [-0.2, 0) is 4.79 Å². The Labute approximate surface area is 42.5 Å². The first-order valence-electron chi connectivity index (χ1n) is 2.08. The fraction of sp³-hybridized carbons (Fsp3) is 0.600. The summed E-state index contributed by atoms with van der Waals surface area (Å²) in [5.74, 6) is 1.58. The smallest absolute Gasteiger partial charge is 0.125 e. The fourth-order valence-electron chi connectivity index (χ4n) is 0.0853. The van der Waals surface area contributed by atoms with Crippen LogP contribution in [0.1, 0.15) is 13.8 Å². The van der Waals surface area contributed by atoms with E-state index >= 15 is 0 Å². The molecule has 0 rings (SSSR count). The van der Waals surface area contributed by atoms with Crippen LogP contribution in [0.2, 0.25) is 0 Å². The minimum Gasteiger partial charge on any atom is -0.388 e. The molecule has 0 amide bonds. The molecule has 0 radical (unpaired) electrons. The lowest BCUT2D eigenvalue weighted by Crippen LogP contribution is -2.00. The molecule has 40 valence electrons. The van der Waals surface area contributed by atoms with Gasteiger partial charge in [-0.25, -0.2) is 4.79 Å². The van der Waals surface area contributed by atoms with Gasteiger partial charge in [0.05, 0.1) is 6.10 Å². The molecule has 0 aliphatic rings. The Morgan fingerprint density at radius 2 is 2.29 bits per heavy atom. The highest BCUT2D eigenvalue weighted by molar-refractivity contribution is 5.52. The van der Waals surface area contributed by atoms with Crippen LogP contribution in [0.15, 0.2) is 5.57 Å². The Morgan fingerprint density at radius 3 is 2.29 bits per heavy atom. The van der Waals surface area contributed by atoms with Crippen LogP contribution in [0.4, 0.5) is 0 Å². The van der Waals surface area contributed by atoms with E-state index in [-0.39, 0.29) is 0 Å². The Balaban J connectivity index is 3.81. The zero-order chi connectivity index (χ0) is 5.86. The minimum absolute atomic E-state index is 0.347.